The number of rotatable bonds is 4. The zero-order valence-electron chi connectivity index (χ0n) is 15.2. The monoisotopic (exact) mass is 340 g/mol. The second-order valence-corrected chi connectivity index (χ2v) is 7.22. The largest absolute Gasteiger partial charge is 0.339 e. The van der Waals surface area contributed by atoms with E-state index < -0.39 is 0 Å². The fourth-order valence-electron chi connectivity index (χ4n) is 3.53. The first-order valence-corrected chi connectivity index (χ1v) is 8.91. The lowest BCUT2D eigenvalue weighted by Crippen LogP contribution is -2.23. The van der Waals surface area contributed by atoms with E-state index in [4.69, 9.17) is 9.51 Å². The second kappa shape index (κ2) is 6.22. The molecule has 0 spiro atoms. The number of fused-ring (bicyclic) bond motifs is 1. The van der Waals surface area contributed by atoms with Gasteiger partial charge in [-0.25, -0.2) is 9.97 Å². The van der Waals surface area contributed by atoms with Crippen molar-refractivity contribution < 1.29 is 4.52 Å². The average Bonchev–Trinajstić information content (AvgIpc) is 3.25. The molecular formula is C18H24N6O. The number of hydrogen-bond acceptors (Lipinski definition) is 6. The van der Waals surface area contributed by atoms with Crippen LogP contribution in [0.25, 0.3) is 5.78 Å². The molecular weight excluding hydrogens is 316 g/mol. The highest BCUT2D eigenvalue weighted by Crippen LogP contribution is 2.32. The molecule has 3 aromatic rings. The molecule has 25 heavy (non-hydrogen) atoms. The number of nitrogens with zero attached hydrogens (tertiary/aromatic N) is 6. The van der Waals surface area contributed by atoms with Gasteiger partial charge in [-0.3, -0.25) is 9.30 Å². The fourth-order valence-corrected chi connectivity index (χ4v) is 3.53. The number of imidazole rings is 1. The molecule has 1 aliphatic rings. The van der Waals surface area contributed by atoms with Crippen LogP contribution in [-0.2, 0) is 6.54 Å². The maximum Gasteiger partial charge on any atom is 0.234 e. The number of aromatic nitrogens is 5. The average molecular weight is 340 g/mol. The lowest BCUT2D eigenvalue weighted by Gasteiger charge is -2.20. The molecule has 0 N–H and O–H groups in total. The van der Waals surface area contributed by atoms with Crippen molar-refractivity contribution in [2.24, 2.45) is 0 Å². The smallest absolute Gasteiger partial charge is 0.234 e. The number of likely N-dealkylation sites (tertiary alicyclic amines) is 1. The van der Waals surface area contributed by atoms with E-state index in [-0.39, 0.29) is 12.0 Å². The molecule has 1 fully saturated rings. The summed E-state index contributed by atoms with van der Waals surface area (Å²) in [5.74, 6) is 2.54. The Bertz CT molecular complexity index is 896. The maximum absolute atomic E-state index is 5.40. The van der Waals surface area contributed by atoms with Gasteiger partial charge >= 0.3 is 0 Å². The van der Waals surface area contributed by atoms with Crippen LogP contribution in [0.3, 0.4) is 0 Å². The molecule has 1 saturated heterocycles. The Morgan fingerprint density at radius 1 is 1.24 bits per heavy atom. The molecule has 0 bridgehead atoms. The van der Waals surface area contributed by atoms with E-state index in [1.165, 1.54) is 0 Å². The molecule has 1 aliphatic heterocycles. The molecule has 0 aliphatic carbocycles. The minimum Gasteiger partial charge on any atom is -0.339 e. The van der Waals surface area contributed by atoms with Gasteiger partial charge < -0.3 is 4.52 Å². The summed E-state index contributed by atoms with van der Waals surface area (Å²) in [6.45, 7) is 10.0. The third-order valence-electron chi connectivity index (χ3n) is 4.79. The van der Waals surface area contributed by atoms with E-state index in [1.54, 1.807) is 0 Å². The predicted molar refractivity (Wildman–Crippen MR) is 93.2 cm³/mol. The molecule has 0 aromatic carbocycles. The Morgan fingerprint density at radius 2 is 2.08 bits per heavy atom. The first-order valence-electron chi connectivity index (χ1n) is 8.91. The zero-order chi connectivity index (χ0) is 17.6. The Balaban J connectivity index is 1.57. The summed E-state index contributed by atoms with van der Waals surface area (Å²) in [7, 11) is 0. The van der Waals surface area contributed by atoms with Crippen molar-refractivity contribution in [2.45, 2.75) is 59.0 Å². The summed E-state index contributed by atoms with van der Waals surface area (Å²) in [6, 6.07) is 2.28. The Morgan fingerprint density at radius 3 is 2.84 bits per heavy atom. The highest BCUT2D eigenvalue weighted by molar-refractivity contribution is 5.34. The standard InChI is InChI=1S/C18H24N6O/c1-11(2)17-21-16(22-25-17)15-6-5-7-23(15)9-14-10-24-13(4)8-12(3)19-18(24)20-14/h8,10-11,15H,5-7,9H2,1-4H3. The highest BCUT2D eigenvalue weighted by Gasteiger charge is 2.30. The quantitative estimate of drug-likeness (QED) is 0.726. The van der Waals surface area contributed by atoms with Crippen LogP contribution < -0.4 is 0 Å². The molecule has 0 amide bonds. The Hall–Kier alpha value is -2.28. The minimum absolute atomic E-state index is 0.205. The van der Waals surface area contributed by atoms with Crippen LogP contribution in [0.2, 0.25) is 0 Å². The van der Waals surface area contributed by atoms with Gasteiger partial charge in [0.15, 0.2) is 5.82 Å². The summed E-state index contributed by atoms with van der Waals surface area (Å²) in [4.78, 5) is 16.2. The molecule has 1 atom stereocenters. The molecule has 4 heterocycles. The van der Waals surface area contributed by atoms with Crippen LogP contribution in [-0.4, -0.2) is 36.0 Å². The number of aryl methyl sites for hydroxylation is 2. The Labute approximate surface area is 147 Å². The first kappa shape index (κ1) is 16.2. The lowest BCUT2D eigenvalue weighted by atomic mass is 10.2. The van der Waals surface area contributed by atoms with Gasteiger partial charge in [0.05, 0.1) is 11.7 Å². The molecule has 1 unspecified atom stereocenters. The van der Waals surface area contributed by atoms with Crippen LogP contribution in [0.5, 0.6) is 0 Å². The van der Waals surface area contributed by atoms with Gasteiger partial charge in [-0.05, 0) is 39.3 Å². The van der Waals surface area contributed by atoms with Crippen molar-refractivity contribution in [2.75, 3.05) is 6.54 Å². The topological polar surface area (TPSA) is 72.3 Å². The summed E-state index contributed by atoms with van der Waals surface area (Å²) in [6.07, 6.45) is 4.28. The molecule has 0 radical (unpaired) electrons. The highest BCUT2D eigenvalue weighted by atomic mass is 16.5. The normalized spacial score (nSPS) is 18.7. The van der Waals surface area contributed by atoms with Crippen molar-refractivity contribution >= 4 is 5.78 Å². The van der Waals surface area contributed by atoms with Crippen LogP contribution in [0.4, 0.5) is 0 Å². The maximum atomic E-state index is 5.40. The molecule has 7 nitrogen and oxygen atoms in total. The number of hydrogen-bond donors (Lipinski definition) is 0. The predicted octanol–water partition coefficient (Wildman–Crippen LogP) is 3.19. The van der Waals surface area contributed by atoms with Crippen molar-refractivity contribution in [1.82, 2.24) is 29.4 Å². The van der Waals surface area contributed by atoms with Crippen molar-refractivity contribution in [1.29, 1.82) is 0 Å². The molecule has 0 saturated carbocycles. The Kier molecular flexibility index (Phi) is 4.03. The van der Waals surface area contributed by atoms with Crippen LogP contribution in [0.15, 0.2) is 16.8 Å². The van der Waals surface area contributed by atoms with Gasteiger partial charge in [0.25, 0.3) is 0 Å². The summed E-state index contributed by atoms with van der Waals surface area (Å²) in [5, 5.41) is 4.21. The van der Waals surface area contributed by atoms with Gasteiger partial charge in [-0.15, -0.1) is 0 Å². The lowest BCUT2D eigenvalue weighted by molar-refractivity contribution is 0.231. The summed E-state index contributed by atoms with van der Waals surface area (Å²) >= 11 is 0. The van der Waals surface area contributed by atoms with Gasteiger partial charge in [-0.2, -0.15) is 4.98 Å². The SMILES string of the molecule is Cc1cc(C)n2cc(CN3CCCC3c3noc(C(C)C)n3)nc2n1. The van der Waals surface area contributed by atoms with Crippen molar-refractivity contribution in [3.8, 4) is 0 Å². The van der Waals surface area contributed by atoms with E-state index in [0.29, 0.717) is 5.89 Å². The van der Waals surface area contributed by atoms with E-state index in [0.717, 1.165) is 54.6 Å². The molecule has 4 rings (SSSR count). The van der Waals surface area contributed by atoms with Crippen LogP contribution in [0.1, 0.15) is 67.4 Å². The third-order valence-corrected chi connectivity index (χ3v) is 4.79. The first-order chi connectivity index (χ1) is 12.0. The minimum atomic E-state index is 0.205. The fraction of sp³-hybridized carbons (Fsp3) is 0.556. The van der Waals surface area contributed by atoms with Crippen molar-refractivity contribution in [3.05, 3.63) is 41.1 Å². The molecule has 3 aromatic heterocycles. The van der Waals surface area contributed by atoms with E-state index in [1.807, 2.05) is 6.92 Å². The van der Waals surface area contributed by atoms with E-state index in [9.17, 15) is 0 Å². The van der Waals surface area contributed by atoms with Crippen molar-refractivity contribution in [3.63, 3.8) is 0 Å². The van der Waals surface area contributed by atoms with Crippen LogP contribution in [0, 0.1) is 13.8 Å². The summed E-state index contributed by atoms with van der Waals surface area (Å²) in [5.41, 5.74) is 3.17. The zero-order valence-corrected chi connectivity index (χ0v) is 15.2. The van der Waals surface area contributed by atoms with Crippen LogP contribution >= 0.6 is 0 Å². The van der Waals surface area contributed by atoms with E-state index in [2.05, 4.69) is 57.5 Å². The molecule has 132 valence electrons. The van der Waals surface area contributed by atoms with E-state index >= 15 is 0 Å². The second-order valence-electron chi connectivity index (χ2n) is 7.22. The van der Waals surface area contributed by atoms with Gasteiger partial charge in [-0.1, -0.05) is 19.0 Å². The molecule has 7 heteroatoms. The van der Waals surface area contributed by atoms with Gasteiger partial charge in [0.2, 0.25) is 11.7 Å². The van der Waals surface area contributed by atoms with Gasteiger partial charge in [0.1, 0.15) is 0 Å². The van der Waals surface area contributed by atoms with Gasteiger partial charge in [0, 0.05) is 30.0 Å². The summed E-state index contributed by atoms with van der Waals surface area (Å²) < 4.78 is 7.45. The third kappa shape index (κ3) is 3.04.